The van der Waals surface area contributed by atoms with Crippen LogP contribution >= 0.6 is 0 Å². The van der Waals surface area contributed by atoms with Crippen molar-refractivity contribution in [1.82, 2.24) is 19.7 Å². The van der Waals surface area contributed by atoms with E-state index in [4.69, 9.17) is 0 Å². The summed E-state index contributed by atoms with van der Waals surface area (Å²) in [5.74, 6) is 1.11. The lowest BCUT2D eigenvalue weighted by atomic mass is 9.77. The van der Waals surface area contributed by atoms with Crippen molar-refractivity contribution in [2.45, 2.75) is 51.7 Å². The quantitative estimate of drug-likeness (QED) is 0.859. The van der Waals surface area contributed by atoms with Crippen LogP contribution in [0.1, 0.15) is 45.6 Å². The van der Waals surface area contributed by atoms with E-state index in [0.717, 1.165) is 32.4 Å². The maximum absolute atomic E-state index is 12.4. The number of rotatable bonds is 4. The van der Waals surface area contributed by atoms with Crippen molar-refractivity contribution >= 4 is 5.91 Å². The number of amides is 1. The van der Waals surface area contributed by atoms with Crippen molar-refractivity contribution in [1.29, 1.82) is 0 Å². The topological polar surface area (TPSA) is 71.2 Å². The zero-order valence-corrected chi connectivity index (χ0v) is 13.9. The molecule has 6 nitrogen and oxygen atoms in total. The van der Waals surface area contributed by atoms with Gasteiger partial charge in [-0.05, 0) is 44.9 Å². The van der Waals surface area contributed by atoms with E-state index in [0.29, 0.717) is 18.3 Å². The van der Waals surface area contributed by atoms with E-state index in [9.17, 15) is 9.90 Å². The number of hydrogen-bond acceptors (Lipinski definition) is 4. The van der Waals surface area contributed by atoms with E-state index < -0.39 is 6.10 Å². The zero-order valence-electron chi connectivity index (χ0n) is 13.9. The highest BCUT2D eigenvalue weighted by atomic mass is 16.3. The van der Waals surface area contributed by atoms with Gasteiger partial charge in [-0.25, -0.2) is 9.67 Å². The summed E-state index contributed by atoms with van der Waals surface area (Å²) in [6, 6.07) is -0.0144. The molecule has 1 N–H and O–H groups in total. The van der Waals surface area contributed by atoms with Gasteiger partial charge in [-0.15, -0.1) is 0 Å². The number of carbonyl (C=O) groups is 1. The molecular weight excluding hydrogens is 292 g/mol. The molecule has 0 spiro atoms. The third-order valence-corrected chi connectivity index (χ3v) is 5.15. The highest BCUT2D eigenvalue weighted by molar-refractivity contribution is 5.76. The van der Waals surface area contributed by atoms with Crippen molar-refractivity contribution in [3.63, 3.8) is 0 Å². The number of likely N-dealkylation sites (tertiary alicyclic amines) is 1. The van der Waals surface area contributed by atoms with Crippen LogP contribution in [0.4, 0.5) is 0 Å². The van der Waals surface area contributed by atoms with Crippen LogP contribution in [0.3, 0.4) is 0 Å². The van der Waals surface area contributed by atoms with Gasteiger partial charge in [-0.2, -0.15) is 5.10 Å². The average molecular weight is 318 g/mol. The molecule has 2 heterocycles. The first-order valence-electron chi connectivity index (χ1n) is 8.48. The van der Waals surface area contributed by atoms with Crippen LogP contribution < -0.4 is 0 Å². The van der Waals surface area contributed by atoms with Gasteiger partial charge in [0.1, 0.15) is 12.7 Å². The zero-order chi connectivity index (χ0) is 16.4. The molecule has 0 radical (unpaired) electrons. The molecule has 126 valence electrons. The summed E-state index contributed by atoms with van der Waals surface area (Å²) in [5, 5.41) is 14.6. The predicted octanol–water partition coefficient (Wildman–Crippen LogP) is 1.79. The van der Waals surface area contributed by atoms with Gasteiger partial charge in [-0.1, -0.05) is 11.6 Å². The second-order valence-electron chi connectivity index (χ2n) is 7.12. The Morgan fingerprint density at radius 2 is 2.04 bits per heavy atom. The molecule has 2 aliphatic rings. The average Bonchev–Trinajstić information content (AvgIpc) is 3.14. The number of nitrogens with zero attached hydrogens (tertiary/aromatic N) is 4. The minimum atomic E-state index is -0.404. The van der Waals surface area contributed by atoms with E-state index in [1.165, 1.54) is 11.9 Å². The molecule has 0 unspecified atom stereocenters. The van der Waals surface area contributed by atoms with Crippen LogP contribution in [0.2, 0.25) is 0 Å². The van der Waals surface area contributed by atoms with E-state index in [2.05, 4.69) is 30.0 Å². The van der Waals surface area contributed by atoms with Crippen LogP contribution in [0, 0.1) is 11.8 Å². The molecule has 2 fully saturated rings. The molecular formula is C17H26N4O2. The molecule has 0 bridgehead atoms. The van der Waals surface area contributed by atoms with E-state index in [-0.39, 0.29) is 11.9 Å². The first kappa shape index (κ1) is 16.2. The lowest BCUT2D eigenvalue weighted by molar-refractivity contribution is -0.130. The molecule has 1 aromatic heterocycles. The molecule has 1 saturated heterocycles. The Labute approximate surface area is 137 Å². The Morgan fingerprint density at radius 1 is 1.30 bits per heavy atom. The number of aromatic nitrogens is 3. The number of aliphatic hydroxyl groups is 1. The van der Waals surface area contributed by atoms with Gasteiger partial charge in [0, 0.05) is 19.5 Å². The van der Waals surface area contributed by atoms with Crippen molar-refractivity contribution in [3.8, 4) is 0 Å². The van der Waals surface area contributed by atoms with Crippen LogP contribution in [-0.4, -0.2) is 49.9 Å². The Morgan fingerprint density at radius 3 is 2.70 bits per heavy atom. The number of fused-ring (bicyclic) bond motifs is 1. The Balaban J connectivity index is 1.58. The lowest BCUT2D eigenvalue weighted by Crippen LogP contribution is -2.36. The number of carbonyl (C=O) groups excluding carboxylic acids is 1. The molecule has 1 aliphatic carbocycles. The van der Waals surface area contributed by atoms with Gasteiger partial charge in [0.05, 0.1) is 12.1 Å². The van der Waals surface area contributed by atoms with E-state index in [1.807, 2.05) is 4.90 Å². The van der Waals surface area contributed by atoms with Crippen LogP contribution in [0.5, 0.6) is 0 Å². The van der Waals surface area contributed by atoms with E-state index in [1.54, 1.807) is 11.0 Å². The SMILES string of the molecule is CC(C)=CCCC(=O)N1C[C@H]2C[C@@H](n3cncn3)[C@H](O)C[C@H]2C1. The molecule has 1 saturated carbocycles. The van der Waals surface area contributed by atoms with Crippen LogP contribution in [-0.2, 0) is 4.79 Å². The van der Waals surface area contributed by atoms with Gasteiger partial charge >= 0.3 is 0 Å². The fourth-order valence-electron chi connectivity index (χ4n) is 3.93. The Bertz CT molecular complexity index is 565. The van der Waals surface area contributed by atoms with Crippen LogP contribution in [0.15, 0.2) is 24.3 Å². The van der Waals surface area contributed by atoms with Crippen LogP contribution in [0.25, 0.3) is 0 Å². The molecule has 1 amide bonds. The molecule has 1 aliphatic heterocycles. The predicted molar refractivity (Wildman–Crippen MR) is 86.5 cm³/mol. The minimum absolute atomic E-state index is 0.0144. The van der Waals surface area contributed by atoms with Gasteiger partial charge in [0.25, 0.3) is 0 Å². The van der Waals surface area contributed by atoms with Gasteiger partial charge < -0.3 is 10.0 Å². The molecule has 23 heavy (non-hydrogen) atoms. The van der Waals surface area contributed by atoms with Gasteiger partial charge in [0.2, 0.25) is 5.91 Å². The summed E-state index contributed by atoms with van der Waals surface area (Å²) < 4.78 is 1.76. The third-order valence-electron chi connectivity index (χ3n) is 5.15. The normalized spacial score (nSPS) is 30.1. The third kappa shape index (κ3) is 3.63. The van der Waals surface area contributed by atoms with Gasteiger partial charge in [-0.3, -0.25) is 4.79 Å². The summed E-state index contributed by atoms with van der Waals surface area (Å²) in [4.78, 5) is 18.3. The Kier molecular flexibility index (Phi) is 4.80. The monoisotopic (exact) mass is 318 g/mol. The summed E-state index contributed by atoms with van der Waals surface area (Å²) >= 11 is 0. The molecule has 1 aromatic rings. The largest absolute Gasteiger partial charge is 0.391 e. The standard InChI is InChI=1S/C17H26N4O2/c1-12(2)4-3-5-17(23)20-8-13-6-15(21-11-18-10-19-21)16(22)7-14(13)9-20/h4,10-11,13-16,22H,3,5-9H2,1-2H3/t13-,14+,15-,16-/m1/s1. The van der Waals surface area contributed by atoms with E-state index >= 15 is 0 Å². The smallest absolute Gasteiger partial charge is 0.222 e. The summed E-state index contributed by atoms with van der Waals surface area (Å²) in [6.07, 6.45) is 7.90. The maximum Gasteiger partial charge on any atom is 0.222 e. The number of allylic oxidation sites excluding steroid dienone is 2. The first-order valence-corrected chi connectivity index (χ1v) is 8.48. The molecule has 0 aromatic carbocycles. The fourth-order valence-corrected chi connectivity index (χ4v) is 3.93. The van der Waals surface area contributed by atoms with Crippen molar-refractivity contribution in [2.24, 2.45) is 11.8 Å². The Hall–Kier alpha value is -1.69. The van der Waals surface area contributed by atoms with Crippen molar-refractivity contribution in [3.05, 3.63) is 24.3 Å². The molecule has 4 atom stereocenters. The first-order chi connectivity index (χ1) is 11.0. The summed E-state index contributed by atoms with van der Waals surface area (Å²) in [5.41, 5.74) is 1.26. The molecule has 3 rings (SSSR count). The molecule has 6 heteroatoms. The number of hydrogen-bond donors (Lipinski definition) is 1. The number of aliphatic hydroxyl groups excluding tert-OH is 1. The second kappa shape index (κ2) is 6.83. The highest BCUT2D eigenvalue weighted by Gasteiger charge is 2.43. The summed E-state index contributed by atoms with van der Waals surface area (Å²) in [7, 11) is 0. The maximum atomic E-state index is 12.4. The second-order valence-corrected chi connectivity index (χ2v) is 7.12. The fraction of sp³-hybridized carbons (Fsp3) is 0.706. The van der Waals surface area contributed by atoms with Crippen molar-refractivity contribution < 1.29 is 9.90 Å². The highest BCUT2D eigenvalue weighted by Crippen LogP contribution is 2.41. The lowest BCUT2D eigenvalue weighted by Gasteiger charge is -2.34. The minimum Gasteiger partial charge on any atom is -0.391 e. The van der Waals surface area contributed by atoms with Crippen molar-refractivity contribution in [2.75, 3.05) is 13.1 Å². The summed E-state index contributed by atoms with van der Waals surface area (Å²) in [6.45, 7) is 5.72. The van der Waals surface area contributed by atoms with Gasteiger partial charge in [0.15, 0.2) is 0 Å².